The zero-order chi connectivity index (χ0) is 25.7. The molecule has 0 saturated heterocycles. The van der Waals surface area contributed by atoms with Crippen LogP contribution in [0.25, 0.3) is 16.8 Å². The molecule has 2 aromatic carbocycles. The second kappa shape index (κ2) is 11.2. The Morgan fingerprint density at radius 2 is 1.78 bits per heavy atom. The number of hydrogen-bond acceptors (Lipinski definition) is 6. The van der Waals surface area contributed by atoms with E-state index in [0.717, 1.165) is 11.1 Å². The first-order valence-corrected chi connectivity index (χ1v) is 12.4. The van der Waals surface area contributed by atoms with Crippen LogP contribution in [-0.2, 0) is 20.7 Å². The lowest BCUT2D eigenvalue weighted by Crippen LogP contribution is -2.19. The summed E-state index contributed by atoms with van der Waals surface area (Å²) in [4.78, 5) is 37.6. The molecule has 0 fully saturated rings. The predicted octanol–water partition coefficient (Wildman–Crippen LogP) is 6.00. The van der Waals surface area contributed by atoms with Crippen molar-refractivity contribution in [3.8, 4) is 16.8 Å². The van der Waals surface area contributed by atoms with Crippen LogP contribution in [0.5, 0.6) is 0 Å². The minimum Gasteiger partial charge on any atom is -0.465 e. The third-order valence-corrected chi connectivity index (χ3v) is 6.35. The summed E-state index contributed by atoms with van der Waals surface area (Å²) in [7, 11) is 1.29. The Kier molecular flexibility index (Phi) is 7.87. The van der Waals surface area contributed by atoms with Crippen molar-refractivity contribution in [1.82, 2.24) is 4.57 Å². The van der Waals surface area contributed by atoms with Crippen LogP contribution in [0.1, 0.15) is 33.3 Å². The number of amides is 1. The SMILES string of the molecule is CCOC(=O)c1c(NC(=O)Cc2cccc(C(=O)OC)c2)cc(Cl)n1-c1ccc(-c2ccsc2)cc1. The number of ether oxygens (including phenoxy) is 2. The van der Waals surface area contributed by atoms with Crippen molar-refractivity contribution in [3.63, 3.8) is 0 Å². The van der Waals surface area contributed by atoms with E-state index >= 15 is 0 Å². The molecule has 0 atom stereocenters. The molecule has 184 valence electrons. The molecule has 0 unspecified atom stereocenters. The summed E-state index contributed by atoms with van der Waals surface area (Å²) in [5.41, 5.74) is 4.07. The Morgan fingerprint density at radius 1 is 1.00 bits per heavy atom. The number of anilines is 1. The molecule has 1 N–H and O–H groups in total. The highest BCUT2D eigenvalue weighted by molar-refractivity contribution is 7.08. The summed E-state index contributed by atoms with van der Waals surface area (Å²) >= 11 is 8.15. The first-order valence-electron chi connectivity index (χ1n) is 11.1. The Morgan fingerprint density at radius 3 is 2.44 bits per heavy atom. The van der Waals surface area contributed by atoms with Gasteiger partial charge in [-0.15, -0.1) is 0 Å². The monoisotopic (exact) mass is 522 g/mol. The van der Waals surface area contributed by atoms with Gasteiger partial charge < -0.3 is 14.8 Å². The van der Waals surface area contributed by atoms with E-state index in [1.807, 2.05) is 35.7 Å². The molecular weight excluding hydrogens is 500 g/mol. The second-order valence-electron chi connectivity index (χ2n) is 7.76. The normalized spacial score (nSPS) is 10.6. The van der Waals surface area contributed by atoms with E-state index in [1.54, 1.807) is 47.1 Å². The lowest BCUT2D eigenvalue weighted by molar-refractivity contribution is -0.115. The van der Waals surface area contributed by atoms with E-state index < -0.39 is 11.9 Å². The number of esters is 2. The van der Waals surface area contributed by atoms with E-state index in [0.29, 0.717) is 16.8 Å². The van der Waals surface area contributed by atoms with Crippen molar-refractivity contribution in [1.29, 1.82) is 0 Å². The van der Waals surface area contributed by atoms with Crippen LogP contribution in [0.2, 0.25) is 5.15 Å². The van der Waals surface area contributed by atoms with Gasteiger partial charge in [0.25, 0.3) is 0 Å². The standard InChI is InChI=1S/C27H23ClN2O5S/c1-3-35-27(33)25-22(29-24(31)14-17-5-4-6-19(13-17)26(32)34-2)15-23(28)30(25)21-9-7-18(8-10-21)20-11-12-36-16-20/h4-13,15-16H,3,14H2,1-2H3,(H,29,31). The maximum atomic E-state index is 12.9. The zero-order valence-electron chi connectivity index (χ0n) is 19.6. The van der Waals surface area contributed by atoms with Crippen molar-refractivity contribution >= 4 is 46.5 Å². The molecule has 4 aromatic rings. The van der Waals surface area contributed by atoms with Gasteiger partial charge in [0.15, 0.2) is 5.69 Å². The fourth-order valence-corrected chi connectivity index (χ4v) is 4.72. The van der Waals surface area contributed by atoms with E-state index in [1.165, 1.54) is 13.2 Å². The van der Waals surface area contributed by atoms with Crippen LogP contribution in [0.15, 0.2) is 71.4 Å². The van der Waals surface area contributed by atoms with E-state index in [2.05, 4.69) is 10.7 Å². The number of carbonyl (C=O) groups is 3. The molecule has 0 aliphatic carbocycles. The Hall–Kier alpha value is -3.88. The van der Waals surface area contributed by atoms with E-state index in [9.17, 15) is 14.4 Å². The first-order chi connectivity index (χ1) is 17.4. The van der Waals surface area contributed by atoms with Gasteiger partial charge in [-0.05, 0) is 70.8 Å². The lowest BCUT2D eigenvalue weighted by Gasteiger charge is -2.13. The molecule has 0 bridgehead atoms. The molecule has 7 nitrogen and oxygen atoms in total. The number of thiophene rings is 1. The summed E-state index contributed by atoms with van der Waals surface area (Å²) in [6.07, 6.45) is -0.0226. The highest BCUT2D eigenvalue weighted by Gasteiger charge is 2.24. The topological polar surface area (TPSA) is 86.6 Å². The molecule has 36 heavy (non-hydrogen) atoms. The highest BCUT2D eigenvalue weighted by atomic mass is 35.5. The van der Waals surface area contributed by atoms with Gasteiger partial charge in [-0.3, -0.25) is 9.36 Å². The number of benzene rings is 2. The fourth-order valence-electron chi connectivity index (χ4n) is 3.77. The molecule has 9 heteroatoms. The maximum absolute atomic E-state index is 12.9. The number of carbonyl (C=O) groups excluding carboxylic acids is 3. The van der Waals surface area contributed by atoms with Crippen LogP contribution >= 0.6 is 22.9 Å². The van der Waals surface area contributed by atoms with Gasteiger partial charge in [-0.2, -0.15) is 11.3 Å². The number of rotatable bonds is 8. The van der Waals surface area contributed by atoms with Crippen LogP contribution in [0.4, 0.5) is 5.69 Å². The van der Waals surface area contributed by atoms with Crippen molar-refractivity contribution in [2.45, 2.75) is 13.3 Å². The van der Waals surface area contributed by atoms with Gasteiger partial charge in [0, 0.05) is 5.69 Å². The van der Waals surface area contributed by atoms with E-state index in [-0.39, 0.29) is 35.5 Å². The van der Waals surface area contributed by atoms with Crippen molar-refractivity contribution < 1.29 is 23.9 Å². The van der Waals surface area contributed by atoms with Crippen molar-refractivity contribution in [2.24, 2.45) is 0 Å². The Balaban J connectivity index is 1.63. The zero-order valence-corrected chi connectivity index (χ0v) is 21.2. The number of nitrogens with zero attached hydrogens (tertiary/aromatic N) is 1. The van der Waals surface area contributed by atoms with Gasteiger partial charge in [-0.25, -0.2) is 9.59 Å². The van der Waals surface area contributed by atoms with Crippen LogP contribution in [-0.4, -0.2) is 36.1 Å². The third-order valence-electron chi connectivity index (χ3n) is 5.39. The molecule has 2 aromatic heterocycles. The van der Waals surface area contributed by atoms with Gasteiger partial charge in [-0.1, -0.05) is 35.9 Å². The number of aromatic nitrogens is 1. The average molecular weight is 523 g/mol. The Labute approximate surface area is 217 Å². The van der Waals surface area contributed by atoms with Crippen LogP contribution in [0, 0.1) is 0 Å². The summed E-state index contributed by atoms with van der Waals surface area (Å²) in [6, 6.07) is 17.7. The molecule has 0 aliphatic rings. The largest absolute Gasteiger partial charge is 0.465 e. The maximum Gasteiger partial charge on any atom is 0.357 e. The molecular formula is C27H23ClN2O5S. The first kappa shape index (κ1) is 25.2. The number of nitrogens with one attached hydrogen (secondary N) is 1. The van der Waals surface area contributed by atoms with E-state index in [4.69, 9.17) is 21.1 Å². The molecule has 0 radical (unpaired) electrons. The quantitative estimate of drug-likeness (QED) is 0.287. The molecule has 0 saturated carbocycles. The van der Waals surface area contributed by atoms with Crippen molar-refractivity contribution in [2.75, 3.05) is 19.0 Å². The predicted molar refractivity (Wildman–Crippen MR) is 140 cm³/mol. The third kappa shape index (κ3) is 5.50. The number of methoxy groups -OCH3 is 1. The van der Waals surface area contributed by atoms with Crippen LogP contribution < -0.4 is 5.32 Å². The van der Waals surface area contributed by atoms with Gasteiger partial charge in [0.2, 0.25) is 5.91 Å². The second-order valence-corrected chi connectivity index (χ2v) is 8.93. The molecule has 0 aliphatic heterocycles. The molecule has 2 heterocycles. The molecule has 1 amide bonds. The van der Waals surface area contributed by atoms with Gasteiger partial charge in [0.1, 0.15) is 5.15 Å². The van der Waals surface area contributed by atoms with Crippen molar-refractivity contribution in [3.05, 3.63) is 93.4 Å². The summed E-state index contributed by atoms with van der Waals surface area (Å²) in [5.74, 6) is -1.49. The average Bonchev–Trinajstić information content (AvgIpc) is 3.52. The highest BCUT2D eigenvalue weighted by Crippen LogP contribution is 2.31. The Bertz CT molecular complexity index is 1390. The summed E-state index contributed by atoms with van der Waals surface area (Å²) < 4.78 is 11.5. The smallest absolute Gasteiger partial charge is 0.357 e. The molecule has 0 spiro atoms. The molecule has 4 rings (SSSR count). The van der Waals surface area contributed by atoms with Crippen LogP contribution in [0.3, 0.4) is 0 Å². The summed E-state index contributed by atoms with van der Waals surface area (Å²) in [5, 5.41) is 7.06. The lowest BCUT2D eigenvalue weighted by atomic mass is 10.1. The van der Waals surface area contributed by atoms with Gasteiger partial charge >= 0.3 is 11.9 Å². The van der Waals surface area contributed by atoms with Gasteiger partial charge in [0.05, 0.1) is 31.4 Å². The summed E-state index contributed by atoms with van der Waals surface area (Å²) in [6.45, 7) is 1.86. The minimum atomic E-state index is -0.616. The minimum absolute atomic E-state index is 0.0226. The number of hydrogen-bond donors (Lipinski definition) is 1. The fraction of sp³-hybridized carbons (Fsp3) is 0.148. The number of halogens is 1.